The second-order valence-electron chi connectivity index (χ2n) is 8.20. The highest BCUT2D eigenvalue weighted by Gasteiger charge is 2.31. The number of methoxy groups -OCH3 is 1. The van der Waals surface area contributed by atoms with E-state index in [4.69, 9.17) is 9.47 Å². The van der Waals surface area contributed by atoms with Crippen molar-refractivity contribution in [2.75, 3.05) is 18.2 Å². The van der Waals surface area contributed by atoms with Gasteiger partial charge < -0.3 is 19.4 Å². The van der Waals surface area contributed by atoms with Crippen LogP contribution >= 0.6 is 23.1 Å². The summed E-state index contributed by atoms with van der Waals surface area (Å²) in [6, 6.07) is 4.61. The second-order valence-corrected chi connectivity index (χ2v) is 10.2. The molecule has 198 valence electrons. The lowest BCUT2D eigenvalue weighted by Gasteiger charge is -2.12. The molecule has 1 aromatic carbocycles. The molecule has 1 amide bonds. The van der Waals surface area contributed by atoms with E-state index in [-0.39, 0.29) is 24.0 Å². The van der Waals surface area contributed by atoms with Gasteiger partial charge in [0.15, 0.2) is 11.0 Å². The fraction of sp³-hybridized carbons (Fsp3) is 0.417. The summed E-state index contributed by atoms with van der Waals surface area (Å²) in [4.78, 5) is 26.2. The Bertz CT molecular complexity index is 1290. The second kappa shape index (κ2) is 11.5. The van der Waals surface area contributed by atoms with Crippen LogP contribution in [0.4, 0.5) is 18.2 Å². The van der Waals surface area contributed by atoms with Crippen molar-refractivity contribution in [1.29, 1.82) is 0 Å². The number of rotatable bonds is 9. The van der Waals surface area contributed by atoms with Crippen LogP contribution in [-0.2, 0) is 41.7 Å². The van der Waals surface area contributed by atoms with Gasteiger partial charge in [-0.25, -0.2) is 4.79 Å². The van der Waals surface area contributed by atoms with E-state index >= 15 is 0 Å². The van der Waals surface area contributed by atoms with Crippen LogP contribution in [-0.4, -0.2) is 39.5 Å². The number of benzene rings is 1. The molecule has 13 heteroatoms. The highest BCUT2D eigenvalue weighted by atomic mass is 32.2. The number of carbonyl (C=O) groups is 2. The van der Waals surface area contributed by atoms with E-state index in [2.05, 4.69) is 15.5 Å². The molecule has 2 aromatic heterocycles. The largest absolute Gasteiger partial charge is 0.486 e. The van der Waals surface area contributed by atoms with Crippen molar-refractivity contribution in [3.8, 4) is 5.75 Å². The minimum absolute atomic E-state index is 0.0236. The minimum Gasteiger partial charge on any atom is -0.486 e. The molecule has 0 unspecified atom stereocenters. The average molecular weight is 555 g/mol. The van der Waals surface area contributed by atoms with Gasteiger partial charge >= 0.3 is 12.1 Å². The van der Waals surface area contributed by atoms with Gasteiger partial charge in [-0.3, -0.25) is 4.79 Å². The first-order valence-electron chi connectivity index (χ1n) is 11.6. The summed E-state index contributed by atoms with van der Waals surface area (Å²) in [6.45, 7) is 2.25. The van der Waals surface area contributed by atoms with Crippen LogP contribution in [0.1, 0.15) is 52.0 Å². The van der Waals surface area contributed by atoms with Crippen molar-refractivity contribution in [1.82, 2.24) is 14.8 Å². The SMILES string of the molecule is CCn1c(COc2cccc(C(F)(F)F)c2)nnc1SCC(=O)Nc1sc2c(c1C(=O)OC)CCCC2. The molecule has 4 rings (SSSR count). The standard InChI is InChI=1S/C24H25F3N4O4S2/c1-3-31-18(12-35-15-8-6-7-14(11-15)24(25,26)27)29-30-23(31)36-13-19(32)28-21-20(22(33)34-2)16-9-4-5-10-17(16)37-21/h6-8,11H,3-5,9-10,12-13H2,1-2H3,(H,28,32). The van der Waals surface area contributed by atoms with Crippen LogP contribution < -0.4 is 10.1 Å². The molecule has 0 spiro atoms. The number of thiophene rings is 1. The number of hydrogen-bond acceptors (Lipinski definition) is 8. The van der Waals surface area contributed by atoms with Crippen molar-refractivity contribution >= 4 is 40.0 Å². The number of anilines is 1. The zero-order valence-corrected chi connectivity index (χ0v) is 21.8. The highest BCUT2D eigenvalue weighted by Crippen LogP contribution is 2.38. The lowest BCUT2D eigenvalue weighted by molar-refractivity contribution is -0.137. The summed E-state index contributed by atoms with van der Waals surface area (Å²) >= 11 is 2.58. The molecule has 0 radical (unpaired) electrons. The smallest absolute Gasteiger partial charge is 0.416 e. The molecule has 37 heavy (non-hydrogen) atoms. The van der Waals surface area contributed by atoms with Gasteiger partial charge in [-0.05, 0) is 56.4 Å². The number of aryl methyl sites for hydroxylation is 1. The number of esters is 1. The van der Waals surface area contributed by atoms with E-state index in [9.17, 15) is 22.8 Å². The number of amides is 1. The van der Waals surface area contributed by atoms with Crippen molar-refractivity contribution in [2.24, 2.45) is 0 Å². The molecular formula is C24H25F3N4O4S2. The first-order valence-corrected chi connectivity index (χ1v) is 13.4. The highest BCUT2D eigenvalue weighted by molar-refractivity contribution is 7.99. The van der Waals surface area contributed by atoms with E-state index in [1.807, 2.05) is 6.92 Å². The third-order valence-corrected chi connectivity index (χ3v) is 7.96. The normalized spacial score (nSPS) is 13.2. The molecule has 0 saturated carbocycles. The predicted molar refractivity (Wildman–Crippen MR) is 133 cm³/mol. The molecule has 2 heterocycles. The molecule has 8 nitrogen and oxygen atoms in total. The van der Waals surface area contributed by atoms with Crippen LogP contribution in [0.3, 0.4) is 0 Å². The zero-order chi connectivity index (χ0) is 26.6. The maximum Gasteiger partial charge on any atom is 0.416 e. The van der Waals surface area contributed by atoms with E-state index in [0.717, 1.165) is 60.0 Å². The maximum absolute atomic E-state index is 12.9. The number of alkyl halides is 3. The molecule has 0 bridgehead atoms. The van der Waals surface area contributed by atoms with Gasteiger partial charge in [0.25, 0.3) is 0 Å². The van der Waals surface area contributed by atoms with Crippen LogP contribution in [0.15, 0.2) is 29.4 Å². The first-order chi connectivity index (χ1) is 17.7. The first kappa shape index (κ1) is 27.0. The number of halogens is 3. The van der Waals surface area contributed by atoms with Crippen molar-refractivity contribution < 1.29 is 32.2 Å². The summed E-state index contributed by atoms with van der Waals surface area (Å²) in [5, 5.41) is 12.0. The Balaban J connectivity index is 1.39. The molecule has 0 aliphatic heterocycles. The van der Waals surface area contributed by atoms with Crippen molar-refractivity contribution in [3.63, 3.8) is 0 Å². The molecule has 0 saturated heterocycles. The number of carbonyl (C=O) groups excluding carboxylic acids is 2. The quantitative estimate of drug-likeness (QED) is 0.281. The molecule has 0 atom stereocenters. The molecule has 3 aromatic rings. The Labute approximate surface area is 219 Å². The Hall–Kier alpha value is -3.06. The summed E-state index contributed by atoms with van der Waals surface area (Å²) in [6.07, 6.45) is -0.772. The van der Waals surface area contributed by atoms with Gasteiger partial charge in [0.2, 0.25) is 5.91 Å². The number of thioether (sulfide) groups is 1. The zero-order valence-electron chi connectivity index (χ0n) is 20.2. The number of nitrogens with zero attached hydrogens (tertiary/aromatic N) is 3. The van der Waals surface area contributed by atoms with Gasteiger partial charge in [0.05, 0.1) is 24.0 Å². The number of ether oxygens (including phenoxy) is 2. The minimum atomic E-state index is -4.47. The third-order valence-electron chi connectivity index (χ3n) is 5.79. The predicted octanol–water partition coefficient (Wildman–Crippen LogP) is 5.35. The Morgan fingerprint density at radius 2 is 2.00 bits per heavy atom. The third kappa shape index (κ3) is 6.27. The lowest BCUT2D eigenvalue weighted by atomic mass is 9.95. The summed E-state index contributed by atoms with van der Waals surface area (Å²) in [5.74, 6) is -0.258. The van der Waals surface area contributed by atoms with E-state index in [1.54, 1.807) is 4.57 Å². The van der Waals surface area contributed by atoms with Gasteiger partial charge in [0, 0.05) is 11.4 Å². The number of aromatic nitrogens is 3. The van der Waals surface area contributed by atoms with Crippen LogP contribution in [0.5, 0.6) is 5.75 Å². The van der Waals surface area contributed by atoms with Crippen LogP contribution in [0, 0.1) is 0 Å². The van der Waals surface area contributed by atoms with E-state index in [1.165, 1.54) is 30.6 Å². The van der Waals surface area contributed by atoms with Gasteiger partial charge in [-0.15, -0.1) is 21.5 Å². The molecular weight excluding hydrogens is 529 g/mol. The molecule has 1 N–H and O–H groups in total. The van der Waals surface area contributed by atoms with Gasteiger partial charge in [0.1, 0.15) is 17.4 Å². The van der Waals surface area contributed by atoms with Gasteiger partial charge in [-0.1, -0.05) is 17.8 Å². The Morgan fingerprint density at radius 1 is 1.22 bits per heavy atom. The molecule has 1 aliphatic carbocycles. The number of hydrogen-bond donors (Lipinski definition) is 1. The summed E-state index contributed by atoms with van der Waals surface area (Å²) in [5.41, 5.74) is 0.597. The van der Waals surface area contributed by atoms with Crippen LogP contribution in [0.25, 0.3) is 0 Å². The van der Waals surface area contributed by atoms with Crippen molar-refractivity contribution in [2.45, 2.75) is 57.1 Å². The summed E-state index contributed by atoms with van der Waals surface area (Å²) < 4.78 is 51.0. The van der Waals surface area contributed by atoms with Gasteiger partial charge in [-0.2, -0.15) is 13.2 Å². The summed E-state index contributed by atoms with van der Waals surface area (Å²) in [7, 11) is 1.32. The fourth-order valence-electron chi connectivity index (χ4n) is 4.03. The monoisotopic (exact) mass is 554 g/mol. The number of fused-ring (bicyclic) bond motifs is 1. The topological polar surface area (TPSA) is 95.3 Å². The maximum atomic E-state index is 12.9. The average Bonchev–Trinajstić information content (AvgIpc) is 3.45. The van der Waals surface area contributed by atoms with Crippen molar-refractivity contribution in [3.05, 3.63) is 51.7 Å². The fourth-order valence-corrected chi connectivity index (χ4v) is 6.14. The van der Waals surface area contributed by atoms with E-state index < -0.39 is 17.7 Å². The molecule has 0 fully saturated rings. The van der Waals surface area contributed by atoms with Crippen LogP contribution in [0.2, 0.25) is 0 Å². The molecule has 1 aliphatic rings. The van der Waals surface area contributed by atoms with E-state index in [0.29, 0.717) is 28.1 Å². The number of nitrogens with one attached hydrogen (secondary N) is 1. The lowest BCUT2D eigenvalue weighted by Crippen LogP contribution is -2.17. The Kier molecular flexibility index (Phi) is 8.42. The Morgan fingerprint density at radius 3 is 2.73 bits per heavy atom.